The minimum Gasteiger partial charge on any atom is -0.444 e. The molecule has 1 rings (SSSR count). The highest BCUT2D eigenvalue weighted by atomic mass is 16.4. The fourth-order valence-electron chi connectivity index (χ4n) is 0.988. The number of aryl methyl sites for hydroxylation is 2. The van der Waals surface area contributed by atoms with E-state index in [0.29, 0.717) is 12.4 Å². The van der Waals surface area contributed by atoms with E-state index in [0.717, 1.165) is 11.5 Å². The molecule has 0 atom stereocenters. The van der Waals surface area contributed by atoms with Crippen LogP contribution in [0.5, 0.6) is 0 Å². The predicted octanol–water partition coefficient (Wildman–Crippen LogP) is 1.48. The number of nitrogens with one attached hydrogen (secondary N) is 1. The third kappa shape index (κ3) is 2.73. The van der Waals surface area contributed by atoms with Gasteiger partial charge in [-0.3, -0.25) is 4.79 Å². The molecule has 0 saturated carbocycles. The summed E-state index contributed by atoms with van der Waals surface area (Å²) < 4.78 is 5.29. The van der Waals surface area contributed by atoms with Crippen LogP contribution in [0.25, 0.3) is 0 Å². The third-order valence-corrected chi connectivity index (χ3v) is 1.80. The number of hydrogen-bond acceptors (Lipinski definition) is 3. The van der Waals surface area contributed by atoms with Gasteiger partial charge in [-0.25, -0.2) is 4.98 Å². The van der Waals surface area contributed by atoms with E-state index >= 15 is 0 Å². The van der Waals surface area contributed by atoms with Gasteiger partial charge in [-0.05, 0) is 26.8 Å². The molecule has 1 amide bonds. The van der Waals surface area contributed by atoms with Gasteiger partial charge in [0.15, 0.2) is 0 Å². The fourth-order valence-corrected chi connectivity index (χ4v) is 0.988. The average Bonchev–Trinajstić information content (AvgIpc) is 2.44. The first-order valence-corrected chi connectivity index (χ1v) is 4.47. The van der Waals surface area contributed by atoms with Gasteiger partial charge in [0.25, 0.3) is 0 Å². The monoisotopic (exact) mass is 194 g/mol. The molecule has 1 aromatic heterocycles. The largest absolute Gasteiger partial charge is 0.444 e. The Morgan fingerprint density at radius 1 is 1.57 bits per heavy atom. The second-order valence-corrected chi connectivity index (χ2v) is 2.97. The molecule has 1 aromatic rings. The number of aromatic nitrogens is 1. The SMILES string of the molecule is C/C=C/C(=O)NCc1nc(C)c(C)o1. The van der Waals surface area contributed by atoms with Gasteiger partial charge in [0.1, 0.15) is 5.76 Å². The van der Waals surface area contributed by atoms with Crippen LogP contribution in [0.15, 0.2) is 16.6 Å². The molecule has 0 aliphatic heterocycles. The van der Waals surface area contributed by atoms with E-state index in [2.05, 4.69) is 10.3 Å². The molecule has 0 unspecified atom stereocenters. The Bertz CT molecular complexity index is 334. The number of amides is 1. The second-order valence-electron chi connectivity index (χ2n) is 2.97. The summed E-state index contributed by atoms with van der Waals surface area (Å²) in [7, 11) is 0. The van der Waals surface area contributed by atoms with Crippen LogP contribution in [-0.2, 0) is 11.3 Å². The maximum absolute atomic E-state index is 11.0. The zero-order valence-corrected chi connectivity index (χ0v) is 8.63. The standard InChI is InChI=1S/C10H14N2O2/c1-4-5-9(13)11-6-10-12-7(2)8(3)14-10/h4-5H,6H2,1-3H3,(H,11,13)/b5-4+. The lowest BCUT2D eigenvalue weighted by Gasteiger charge is -1.96. The highest BCUT2D eigenvalue weighted by Gasteiger charge is 2.05. The first-order valence-electron chi connectivity index (χ1n) is 4.47. The van der Waals surface area contributed by atoms with Gasteiger partial charge in [-0.1, -0.05) is 6.08 Å². The Labute approximate surface area is 83.0 Å². The van der Waals surface area contributed by atoms with Crippen molar-refractivity contribution in [3.8, 4) is 0 Å². The highest BCUT2D eigenvalue weighted by Crippen LogP contribution is 2.07. The van der Waals surface area contributed by atoms with Crippen molar-refractivity contribution in [2.45, 2.75) is 27.3 Å². The van der Waals surface area contributed by atoms with E-state index < -0.39 is 0 Å². The van der Waals surface area contributed by atoms with E-state index in [1.54, 1.807) is 13.0 Å². The van der Waals surface area contributed by atoms with E-state index in [4.69, 9.17) is 4.42 Å². The first-order chi connectivity index (χ1) is 6.63. The van der Waals surface area contributed by atoms with Gasteiger partial charge >= 0.3 is 0 Å². The molecule has 0 spiro atoms. The number of oxazole rings is 1. The van der Waals surface area contributed by atoms with Crippen molar-refractivity contribution in [3.63, 3.8) is 0 Å². The summed E-state index contributed by atoms with van der Waals surface area (Å²) in [6.45, 7) is 5.84. The van der Waals surface area contributed by atoms with E-state index in [9.17, 15) is 4.79 Å². The van der Waals surface area contributed by atoms with Crippen LogP contribution in [0.2, 0.25) is 0 Å². The van der Waals surface area contributed by atoms with Gasteiger partial charge in [0.2, 0.25) is 11.8 Å². The number of allylic oxidation sites excluding steroid dienone is 1. The minimum absolute atomic E-state index is 0.138. The van der Waals surface area contributed by atoms with Crippen LogP contribution in [-0.4, -0.2) is 10.9 Å². The lowest BCUT2D eigenvalue weighted by Crippen LogP contribution is -2.20. The van der Waals surface area contributed by atoms with Crippen LogP contribution in [0, 0.1) is 13.8 Å². The highest BCUT2D eigenvalue weighted by molar-refractivity contribution is 5.87. The van der Waals surface area contributed by atoms with Gasteiger partial charge in [-0.2, -0.15) is 0 Å². The lowest BCUT2D eigenvalue weighted by atomic mass is 10.4. The Hall–Kier alpha value is -1.58. The summed E-state index contributed by atoms with van der Waals surface area (Å²) in [4.78, 5) is 15.2. The summed E-state index contributed by atoms with van der Waals surface area (Å²) in [5.74, 6) is 1.19. The summed E-state index contributed by atoms with van der Waals surface area (Å²) in [5.41, 5.74) is 0.861. The van der Waals surface area contributed by atoms with Crippen LogP contribution in [0.1, 0.15) is 24.3 Å². The normalized spacial score (nSPS) is 10.8. The Morgan fingerprint density at radius 2 is 2.29 bits per heavy atom. The summed E-state index contributed by atoms with van der Waals surface area (Å²) >= 11 is 0. The quantitative estimate of drug-likeness (QED) is 0.741. The number of carbonyl (C=O) groups is 1. The first kappa shape index (κ1) is 10.5. The van der Waals surface area contributed by atoms with E-state index in [1.165, 1.54) is 6.08 Å². The number of carbonyl (C=O) groups excluding carboxylic acids is 1. The molecule has 0 aliphatic rings. The van der Waals surface area contributed by atoms with Gasteiger partial charge in [0.05, 0.1) is 12.2 Å². The van der Waals surface area contributed by atoms with Gasteiger partial charge in [-0.15, -0.1) is 0 Å². The van der Waals surface area contributed by atoms with Crippen LogP contribution < -0.4 is 5.32 Å². The molecule has 0 saturated heterocycles. The number of hydrogen-bond donors (Lipinski definition) is 1. The average molecular weight is 194 g/mol. The number of rotatable bonds is 3. The maximum Gasteiger partial charge on any atom is 0.244 e. The van der Waals surface area contributed by atoms with E-state index in [-0.39, 0.29) is 5.91 Å². The molecule has 0 aromatic carbocycles. The molecular formula is C10H14N2O2. The van der Waals surface area contributed by atoms with Crippen LogP contribution >= 0.6 is 0 Å². The van der Waals surface area contributed by atoms with Crippen LogP contribution in [0.3, 0.4) is 0 Å². The molecule has 76 valence electrons. The number of nitrogens with zero attached hydrogens (tertiary/aromatic N) is 1. The molecule has 0 radical (unpaired) electrons. The van der Waals surface area contributed by atoms with Crippen molar-refractivity contribution in [2.75, 3.05) is 0 Å². The van der Waals surface area contributed by atoms with Crippen LogP contribution in [0.4, 0.5) is 0 Å². The Kier molecular flexibility index (Phi) is 3.45. The summed E-state index contributed by atoms with van der Waals surface area (Å²) in [6, 6.07) is 0. The zero-order chi connectivity index (χ0) is 10.6. The molecule has 14 heavy (non-hydrogen) atoms. The van der Waals surface area contributed by atoms with Gasteiger partial charge in [0, 0.05) is 0 Å². The fraction of sp³-hybridized carbons (Fsp3) is 0.400. The third-order valence-electron chi connectivity index (χ3n) is 1.80. The molecule has 1 heterocycles. The predicted molar refractivity (Wildman–Crippen MR) is 52.6 cm³/mol. The second kappa shape index (κ2) is 4.60. The minimum atomic E-state index is -0.138. The van der Waals surface area contributed by atoms with Crippen molar-refractivity contribution in [1.82, 2.24) is 10.3 Å². The molecule has 1 N–H and O–H groups in total. The zero-order valence-electron chi connectivity index (χ0n) is 8.63. The van der Waals surface area contributed by atoms with Crippen molar-refractivity contribution >= 4 is 5.91 Å². The lowest BCUT2D eigenvalue weighted by molar-refractivity contribution is -0.116. The van der Waals surface area contributed by atoms with Crippen molar-refractivity contribution in [3.05, 3.63) is 29.5 Å². The van der Waals surface area contributed by atoms with Crippen molar-refractivity contribution in [1.29, 1.82) is 0 Å². The molecule has 4 nitrogen and oxygen atoms in total. The molecule has 0 aliphatic carbocycles. The summed E-state index contributed by atoms with van der Waals surface area (Å²) in [5, 5.41) is 2.66. The van der Waals surface area contributed by atoms with E-state index in [1.807, 2.05) is 13.8 Å². The molecule has 0 bridgehead atoms. The van der Waals surface area contributed by atoms with Gasteiger partial charge < -0.3 is 9.73 Å². The molecular weight excluding hydrogens is 180 g/mol. The van der Waals surface area contributed by atoms with Crippen molar-refractivity contribution < 1.29 is 9.21 Å². The Balaban J connectivity index is 2.50. The smallest absolute Gasteiger partial charge is 0.244 e. The Morgan fingerprint density at radius 3 is 2.79 bits per heavy atom. The maximum atomic E-state index is 11.0. The molecule has 0 fully saturated rings. The molecule has 4 heteroatoms. The summed E-state index contributed by atoms with van der Waals surface area (Å²) in [6.07, 6.45) is 3.14. The topological polar surface area (TPSA) is 55.1 Å². The van der Waals surface area contributed by atoms with Crippen molar-refractivity contribution in [2.24, 2.45) is 0 Å².